The van der Waals surface area contributed by atoms with E-state index >= 15 is 0 Å². The predicted octanol–water partition coefficient (Wildman–Crippen LogP) is 1.17. The number of carbonyl (C=O) groups is 1. The second kappa shape index (κ2) is 4.86. The molecule has 0 aromatic heterocycles. The summed E-state index contributed by atoms with van der Waals surface area (Å²) in [5.41, 5.74) is 0.378. The van der Waals surface area contributed by atoms with Gasteiger partial charge in [0.25, 0.3) is 0 Å². The van der Waals surface area contributed by atoms with Crippen LogP contribution in [-0.4, -0.2) is 32.7 Å². The second-order valence-corrected chi connectivity index (χ2v) is 7.63. The number of fused-ring (bicyclic) bond motifs is 2. The zero-order chi connectivity index (χ0) is 14.3. The third kappa shape index (κ3) is 2.45. The summed E-state index contributed by atoms with van der Waals surface area (Å²) in [5.74, 6) is -0.137. The maximum absolute atomic E-state index is 12.3. The average Bonchev–Trinajstić information content (AvgIpc) is 3.00. The molecule has 1 aromatic rings. The van der Waals surface area contributed by atoms with Crippen molar-refractivity contribution >= 4 is 21.4 Å². The van der Waals surface area contributed by atoms with Gasteiger partial charge in [-0.25, -0.2) is 8.42 Å². The molecule has 0 radical (unpaired) electrons. The van der Waals surface area contributed by atoms with Gasteiger partial charge in [0.15, 0.2) is 9.84 Å². The summed E-state index contributed by atoms with van der Waals surface area (Å²) >= 11 is 0. The Morgan fingerprint density at radius 2 is 2.05 bits per heavy atom. The lowest BCUT2D eigenvalue weighted by Crippen LogP contribution is -2.33. The van der Waals surface area contributed by atoms with E-state index in [-0.39, 0.29) is 22.8 Å². The van der Waals surface area contributed by atoms with Crippen molar-refractivity contribution in [3.63, 3.8) is 0 Å². The molecule has 0 aliphatic carbocycles. The summed E-state index contributed by atoms with van der Waals surface area (Å²) in [6, 6.07) is 7.22. The Bertz CT molecular complexity index is 642. The standard InChI is InChI=1S/C14H18N2O3S/c1-20(18,19)13-5-3-2-4-12(13)16-14(17)10-8-9-6-7-11(10)15-9/h2-5,9-11,15H,6-8H2,1H3,(H,16,17). The quantitative estimate of drug-likeness (QED) is 0.877. The van der Waals surface area contributed by atoms with Crippen LogP contribution in [0.2, 0.25) is 0 Å². The van der Waals surface area contributed by atoms with Crippen LogP contribution in [-0.2, 0) is 14.6 Å². The van der Waals surface area contributed by atoms with Crippen LogP contribution in [0.25, 0.3) is 0 Å². The largest absolute Gasteiger partial charge is 0.325 e. The van der Waals surface area contributed by atoms with E-state index in [4.69, 9.17) is 0 Å². The fourth-order valence-electron chi connectivity index (χ4n) is 3.23. The van der Waals surface area contributed by atoms with Crippen LogP contribution in [0.5, 0.6) is 0 Å². The lowest BCUT2D eigenvalue weighted by Gasteiger charge is -2.20. The first-order valence-electron chi connectivity index (χ1n) is 6.81. The minimum Gasteiger partial charge on any atom is -0.325 e. The lowest BCUT2D eigenvalue weighted by molar-refractivity contribution is -0.120. The molecule has 0 spiro atoms. The third-order valence-corrected chi connectivity index (χ3v) is 5.34. The fourth-order valence-corrected chi connectivity index (χ4v) is 4.08. The van der Waals surface area contributed by atoms with Gasteiger partial charge in [-0.3, -0.25) is 4.79 Å². The maximum Gasteiger partial charge on any atom is 0.229 e. The molecule has 2 heterocycles. The summed E-state index contributed by atoms with van der Waals surface area (Å²) in [7, 11) is -3.34. The van der Waals surface area contributed by atoms with E-state index in [2.05, 4.69) is 10.6 Å². The van der Waals surface area contributed by atoms with Crippen LogP contribution < -0.4 is 10.6 Å². The highest BCUT2D eigenvalue weighted by molar-refractivity contribution is 7.90. The molecule has 2 fully saturated rings. The van der Waals surface area contributed by atoms with Crippen LogP contribution in [0, 0.1) is 5.92 Å². The number of para-hydroxylation sites is 1. The van der Waals surface area contributed by atoms with Crippen molar-refractivity contribution in [2.24, 2.45) is 5.92 Å². The van der Waals surface area contributed by atoms with Crippen molar-refractivity contribution in [1.29, 1.82) is 0 Å². The summed E-state index contributed by atoms with van der Waals surface area (Å²) in [5, 5.41) is 6.20. The van der Waals surface area contributed by atoms with Gasteiger partial charge in [-0.2, -0.15) is 0 Å². The van der Waals surface area contributed by atoms with E-state index in [0.717, 1.165) is 25.5 Å². The molecular formula is C14H18N2O3S. The van der Waals surface area contributed by atoms with Gasteiger partial charge in [-0.15, -0.1) is 0 Å². The van der Waals surface area contributed by atoms with E-state index in [1.54, 1.807) is 18.2 Å². The number of sulfone groups is 1. The lowest BCUT2D eigenvalue weighted by atomic mass is 9.88. The van der Waals surface area contributed by atoms with E-state index < -0.39 is 9.84 Å². The molecule has 2 saturated heterocycles. The van der Waals surface area contributed by atoms with Crippen LogP contribution in [0.4, 0.5) is 5.69 Å². The number of carbonyl (C=O) groups excluding carboxylic acids is 1. The molecule has 5 nitrogen and oxygen atoms in total. The predicted molar refractivity (Wildman–Crippen MR) is 76.2 cm³/mol. The first-order valence-corrected chi connectivity index (χ1v) is 8.70. The molecular weight excluding hydrogens is 276 g/mol. The van der Waals surface area contributed by atoms with Gasteiger partial charge in [-0.1, -0.05) is 12.1 Å². The van der Waals surface area contributed by atoms with Gasteiger partial charge in [0, 0.05) is 18.3 Å². The molecule has 1 aromatic carbocycles. The first-order chi connectivity index (χ1) is 9.45. The number of rotatable bonds is 3. The summed E-state index contributed by atoms with van der Waals surface area (Å²) < 4.78 is 23.4. The molecule has 2 aliphatic rings. The van der Waals surface area contributed by atoms with E-state index in [1.807, 2.05) is 0 Å². The molecule has 3 unspecified atom stereocenters. The Kier molecular flexibility index (Phi) is 3.30. The van der Waals surface area contributed by atoms with Crippen molar-refractivity contribution in [2.45, 2.75) is 36.2 Å². The van der Waals surface area contributed by atoms with Crippen LogP contribution in [0.3, 0.4) is 0 Å². The van der Waals surface area contributed by atoms with Crippen molar-refractivity contribution in [1.82, 2.24) is 5.32 Å². The molecule has 2 bridgehead atoms. The Balaban J connectivity index is 1.80. The highest BCUT2D eigenvalue weighted by Gasteiger charge is 2.42. The summed E-state index contributed by atoms with van der Waals surface area (Å²) in [6.07, 6.45) is 4.15. The SMILES string of the molecule is CS(=O)(=O)c1ccccc1NC(=O)C1CC2CCC1N2. The number of nitrogens with one attached hydrogen (secondary N) is 2. The minimum atomic E-state index is -3.34. The van der Waals surface area contributed by atoms with Gasteiger partial charge in [0.1, 0.15) is 0 Å². The molecule has 3 atom stereocenters. The van der Waals surface area contributed by atoms with Gasteiger partial charge in [-0.05, 0) is 31.4 Å². The molecule has 6 heteroatoms. The average molecular weight is 294 g/mol. The summed E-state index contributed by atoms with van der Waals surface area (Å²) in [4.78, 5) is 12.5. The molecule has 20 heavy (non-hydrogen) atoms. The second-order valence-electron chi connectivity index (χ2n) is 5.65. The Morgan fingerprint density at radius 3 is 2.65 bits per heavy atom. The topological polar surface area (TPSA) is 75.3 Å². The molecule has 3 rings (SSSR count). The number of benzene rings is 1. The van der Waals surface area contributed by atoms with Crippen LogP contribution in [0.1, 0.15) is 19.3 Å². The van der Waals surface area contributed by atoms with Gasteiger partial charge >= 0.3 is 0 Å². The minimum absolute atomic E-state index is 0.0543. The van der Waals surface area contributed by atoms with Gasteiger partial charge in [0.05, 0.1) is 16.5 Å². The van der Waals surface area contributed by atoms with E-state index in [9.17, 15) is 13.2 Å². The zero-order valence-corrected chi connectivity index (χ0v) is 12.1. The van der Waals surface area contributed by atoms with Crippen molar-refractivity contribution in [2.75, 3.05) is 11.6 Å². The monoisotopic (exact) mass is 294 g/mol. The highest BCUT2D eigenvalue weighted by Crippen LogP contribution is 2.34. The van der Waals surface area contributed by atoms with Crippen molar-refractivity contribution < 1.29 is 13.2 Å². The normalized spacial score (nSPS) is 28.6. The first kappa shape index (κ1) is 13.6. The van der Waals surface area contributed by atoms with Crippen LogP contribution in [0.15, 0.2) is 29.2 Å². The van der Waals surface area contributed by atoms with Crippen molar-refractivity contribution in [3.8, 4) is 0 Å². The third-order valence-electron chi connectivity index (χ3n) is 4.18. The number of anilines is 1. The van der Waals surface area contributed by atoms with Crippen molar-refractivity contribution in [3.05, 3.63) is 24.3 Å². The number of amides is 1. The molecule has 1 amide bonds. The number of hydrogen-bond acceptors (Lipinski definition) is 4. The number of hydrogen-bond donors (Lipinski definition) is 2. The Hall–Kier alpha value is -1.40. The highest BCUT2D eigenvalue weighted by atomic mass is 32.2. The maximum atomic E-state index is 12.3. The Morgan fingerprint density at radius 1 is 1.30 bits per heavy atom. The molecule has 2 aliphatic heterocycles. The fraction of sp³-hybridized carbons (Fsp3) is 0.500. The molecule has 108 valence electrons. The van der Waals surface area contributed by atoms with E-state index in [0.29, 0.717) is 11.7 Å². The smallest absolute Gasteiger partial charge is 0.229 e. The molecule has 0 saturated carbocycles. The zero-order valence-electron chi connectivity index (χ0n) is 11.3. The summed E-state index contributed by atoms with van der Waals surface area (Å²) in [6.45, 7) is 0. The molecule has 2 N–H and O–H groups in total. The Labute approximate surface area is 118 Å². The van der Waals surface area contributed by atoms with Crippen LogP contribution >= 0.6 is 0 Å². The van der Waals surface area contributed by atoms with Gasteiger partial charge < -0.3 is 10.6 Å². The van der Waals surface area contributed by atoms with Gasteiger partial charge in [0.2, 0.25) is 5.91 Å². The van der Waals surface area contributed by atoms with E-state index in [1.165, 1.54) is 6.07 Å².